The van der Waals surface area contributed by atoms with Gasteiger partial charge in [0.25, 0.3) is 0 Å². The van der Waals surface area contributed by atoms with Gasteiger partial charge >= 0.3 is 5.97 Å². The third-order valence-electron chi connectivity index (χ3n) is 4.06. The van der Waals surface area contributed by atoms with Crippen LogP contribution in [0.15, 0.2) is 30.5 Å². The summed E-state index contributed by atoms with van der Waals surface area (Å²) in [7, 11) is 2.07. The number of ether oxygens (including phenoxy) is 1. The standard InChI is InChI=1S/C17H20N4O3/c1-12-5-3-4-6-14(12)24-15-13(16(22)23)11-18-17(19-15)21-9-7-20(2)8-10-21/h3-6,11H,7-10H2,1-2H3,(H,22,23). The van der Waals surface area contributed by atoms with Crippen molar-refractivity contribution < 1.29 is 14.6 Å². The van der Waals surface area contributed by atoms with E-state index in [0.29, 0.717) is 11.7 Å². The number of aromatic carboxylic acids is 1. The number of carbonyl (C=O) groups is 1. The minimum Gasteiger partial charge on any atom is -0.477 e. The molecule has 0 spiro atoms. The van der Waals surface area contributed by atoms with E-state index in [2.05, 4.69) is 21.9 Å². The highest BCUT2D eigenvalue weighted by Crippen LogP contribution is 2.27. The number of hydrogen-bond acceptors (Lipinski definition) is 6. The largest absolute Gasteiger partial charge is 0.477 e. The van der Waals surface area contributed by atoms with Gasteiger partial charge in [-0.1, -0.05) is 18.2 Å². The van der Waals surface area contributed by atoms with Crippen LogP contribution in [0.25, 0.3) is 0 Å². The third kappa shape index (κ3) is 3.46. The monoisotopic (exact) mass is 328 g/mol. The number of aryl methyl sites for hydroxylation is 1. The zero-order valence-corrected chi connectivity index (χ0v) is 13.8. The number of para-hydroxylation sites is 1. The maximum atomic E-state index is 11.4. The average Bonchev–Trinajstić information content (AvgIpc) is 2.57. The molecule has 1 fully saturated rings. The number of likely N-dealkylation sites (N-methyl/N-ethyl adjacent to an activating group) is 1. The second-order valence-corrected chi connectivity index (χ2v) is 5.85. The van der Waals surface area contributed by atoms with E-state index in [9.17, 15) is 9.90 Å². The lowest BCUT2D eigenvalue weighted by atomic mass is 10.2. The summed E-state index contributed by atoms with van der Waals surface area (Å²) in [5.74, 6) is 0.0453. The number of piperazine rings is 1. The molecule has 24 heavy (non-hydrogen) atoms. The highest BCUT2D eigenvalue weighted by molar-refractivity contribution is 5.90. The highest BCUT2D eigenvalue weighted by atomic mass is 16.5. The topological polar surface area (TPSA) is 78.8 Å². The van der Waals surface area contributed by atoms with E-state index in [0.717, 1.165) is 31.7 Å². The molecule has 2 aromatic rings. The molecule has 1 saturated heterocycles. The van der Waals surface area contributed by atoms with Crippen molar-refractivity contribution >= 4 is 11.9 Å². The molecule has 126 valence electrons. The van der Waals surface area contributed by atoms with Crippen molar-refractivity contribution in [3.63, 3.8) is 0 Å². The van der Waals surface area contributed by atoms with Crippen LogP contribution < -0.4 is 9.64 Å². The molecule has 7 heteroatoms. The van der Waals surface area contributed by atoms with E-state index in [-0.39, 0.29) is 11.4 Å². The summed E-state index contributed by atoms with van der Waals surface area (Å²) >= 11 is 0. The fourth-order valence-corrected chi connectivity index (χ4v) is 2.52. The van der Waals surface area contributed by atoms with Crippen molar-refractivity contribution in [3.05, 3.63) is 41.6 Å². The predicted octanol–water partition coefficient (Wildman–Crippen LogP) is 2.03. The van der Waals surface area contributed by atoms with Crippen molar-refractivity contribution in [2.45, 2.75) is 6.92 Å². The average molecular weight is 328 g/mol. The quantitative estimate of drug-likeness (QED) is 0.920. The molecule has 1 aromatic heterocycles. The fraction of sp³-hybridized carbons (Fsp3) is 0.353. The van der Waals surface area contributed by atoms with Crippen molar-refractivity contribution in [2.24, 2.45) is 0 Å². The van der Waals surface area contributed by atoms with Gasteiger partial charge in [-0.05, 0) is 25.6 Å². The summed E-state index contributed by atoms with van der Waals surface area (Å²) in [4.78, 5) is 24.3. The first kappa shape index (κ1) is 16.2. The van der Waals surface area contributed by atoms with Gasteiger partial charge in [-0.25, -0.2) is 9.78 Å². The highest BCUT2D eigenvalue weighted by Gasteiger charge is 2.21. The SMILES string of the molecule is Cc1ccccc1Oc1nc(N2CCN(C)CC2)ncc1C(=O)O. The van der Waals surface area contributed by atoms with Crippen LogP contribution in [0.5, 0.6) is 11.6 Å². The van der Waals surface area contributed by atoms with Crippen LogP contribution in [0.2, 0.25) is 0 Å². The van der Waals surface area contributed by atoms with Crippen LogP contribution in [0.1, 0.15) is 15.9 Å². The number of nitrogens with zero attached hydrogens (tertiary/aromatic N) is 4. The van der Waals surface area contributed by atoms with Crippen LogP contribution in [0.3, 0.4) is 0 Å². The zero-order chi connectivity index (χ0) is 17.1. The van der Waals surface area contributed by atoms with Crippen molar-refractivity contribution in [2.75, 3.05) is 38.1 Å². The number of carboxylic acid groups (broad SMARTS) is 1. The molecule has 1 aromatic carbocycles. The van der Waals surface area contributed by atoms with Gasteiger partial charge in [0, 0.05) is 26.2 Å². The Labute approximate surface area is 140 Å². The lowest BCUT2D eigenvalue weighted by Crippen LogP contribution is -2.45. The molecule has 2 heterocycles. The number of rotatable bonds is 4. The van der Waals surface area contributed by atoms with E-state index in [1.807, 2.05) is 30.0 Å². The zero-order valence-electron chi connectivity index (χ0n) is 13.8. The van der Waals surface area contributed by atoms with Gasteiger partial charge < -0.3 is 19.6 Å². The van der Waals surface area contributed by atoms with Crippen LogP contribution in [0.4, 0.5) is 5.95 Å². The molecule has 1 aliphatic heterocycles. The molecular formula is C17H20N4O3. The summed E-state index contributed by atoms with van der Waals surface area (Å²) in [5.41, 5.74) is 0.865. The fourth-order valence-electron chi connectivity index (χ4n) is 2.52. The minimum atomic E-state index is -1.11. The number of carboxylic acids is 1. The summed E-state index contributed by atoms with van der Waals surface area (Å²) in [6.07, 6.45) is 1.32. The van der Waals surface area contributed by atoms with E-state index < -0.39 is 5.97 Å². The Balaban J connectivity index is 1.92. The molecular weight excluding hydrogens is 308 g/mol. The van der Waals surface area contributed by atoms with Gasteiger partial charge in [0.15, 0.2) is 0 Å². The lowest BCUT2D eigenvalue weighted by molar-refractivity contribution is 0.0693. The van der Waals surface area contributed by atoms with E-state index in [4.69, 9.17) is 4.74 Å². The molecule has 0 amide bonds. The maximum Gasteiger partial charge on any atom is 0.342 e. The van der Waals surface area contributed by atoms with Gasteiger partial charge in [-0.2, -0.15) is 4.98 Å². The Morgan fingerprint density at radius 3 is 2.58 bits per heavy atom. The molecule has 0 atom stereocenters. The molecule has 0 radical (unpaired) electrons. The molecule has 1 N–H and O–H groups in total. The first-order valence-corrected chi connectivity index (χ1v) is 7.82. The second kappa shape index (κ2) is 6.84. The van der Waals surface area contributed by atoms with Crippen molar-refractivity contribution in [1.82, 2.24) is 14.9 Å². The van der Waals surface area contributed by atoms with Crippen LogP contribution in [0, 0.1) is 6.92 Å². The van der Waals surface area contributed by atoms with Gasteiger partial charge in [0.1, 0.15) is 11.3 Å². The first-order chi connectivity index (χ1) is 11.5. The van der Waals surface area contributed by atoms with Crippen LogP contribution in [-0.2, 0) is 0 Å². The van der Waals surface area contributed by atoms with Gasteiger partial charge in [-0.15, -0.1) is 0 Å². The van der Waals surface area contributed by atoms with E-state index in [1.54, 1.807) is 6.07 Å². The Morgan fingerprint density at radius 2 is 1.92 bits per heavy atom. The molecule has 0 saturated carbocycles. The van der Waals surface area contributed by atoms with E-state index >= 15 is 0 Å². The normalized spacial score (nSPS) is 15.3. The Hall–Kier alpha value is -2.67. The second-order valence-electron chi connectivity index (χ2n) is 5.85. The lowest BCUT2D eigenvalue weighted by Gasteiger charge is -2.32. The number of hydrogen-bond donors (Lipinski definition) is 1. The predicted molar refractivity (Wildman–Crippen MR) is 90.0 cm³/mol. The van der Waals surface area contributed by atoms with Crippen LogP contribution >= 0.6 is 0 Å². The van der Waals surface area contributed by atoms with Gasteiger partial charge in [0.2, 0.25) is 11.8 Å². The summed E-state index contributed by atoms with van der Waals surface area (Å²) in [6, 6.07) is 7.43. The summed E-state index contributed by atoms with van der Waals surface area (Å²) in [6.45, 7) is 5.33. The Kier molecular flexibility index (Phi) is 4.61. The molecule has 0 bridgehead atoms. The van der Waals surface area contributed by atoms with Crippen molar-refractivity contribution in [3.8, 4) is 11.6 Å². The number of aromatic nitrogens is 2. The number of anilines is 1. The van der Waals surface area contributed by atoms with Crippen molar-refractivity contribution in [1.29, 1.82) is 0 Å². The molecule has 0 aliphatic carbocycles. The molecule has 7 nitrogen and oxygen atoms in total. The summed E-state index contributed by atoms with van der Waals surface area (Å²) in [5, 5.41) is 9.37. The maximum absolute atomic E-state index is 11.4. The van der Waals surface area contributed by atoms with Gasteiger partial charge in [-0.3, -0.25) is 0 Å². The number of benzene rings is 1. The Bertz CT molecular complexity index is 742. The minimum absolute atomic E-state index is 0.0452. The Morgan fingerprint density at radius 1 is 1.21 bits per heavy atom. The van der Waals surface area contributed by atoms with E-state index in [1.165, 1.54) is 6.20 Å². The molecule has 0 unspecified atom stereocenters. The van der Waals surface area contributed by atoms with Gasteiger partial charge in [0.05, 0.1) is 6.20 Å². The third-order valence-corrected chi connectivity index (χ3v) is 4.06. The molecule has 1 aliphatic rings. The first-order valence-electron chi connectivity index (χ1n) is 7.82. The summed E-state index contributed by atoms with van der Waals surface area (Å²) < 4.78 is 5.79. The molecule has 3 rings (SSSR count). The smallest absolute Gasteiger partial charge is 0.342 e. The van der Waals surface area contributed by atoms with Crippen LogP contribution in [-0.4, -0.2) is 59.2 Å².